The van der Waals surface area contributed by atoms with Crippen LogP contribution in [-0.4, -0.2) is 5.54 Å². The monoisotopic (exact) mass is 149 g/mol. The van der Waals surface area contributed by atoms with Gasteiger partial charge in [0.25, 0.3) is 0 Å². The van der Waals surface area contributed by atoms with Crippen LogP contribution in [0.15, 0.2) is 11.8 Å². The molecule has 0 aliphatic carbocycles. The highest BCUT2D eigenvalue weighted by Crippen LogP contribution is 2.02. The van der Waals surface area contributed by atoms with Gasteiger partial charge in [0.1, 0.15) is 11.8 Å². The van der Waals surface area contributed by atoms with E-state index in [-0.39, 0.29) is 5.54 Å². The molecule has 0 aromatic rings. The standard InChI is InChI=1S/C8H11N3/c1-8(2,3)11-7(6-10)4-5-9/h4,11H,1-3H3/b7-4+. The van der Waals surface area contributed by atoms with E-state index >= 15 is 0 Å². The first-order valence-electron chi connectivity index (χ1n) is 3.27. The molecule has 0 saturated carbocycles. The second kappa shape index (κ2) is 3.63. The quantitative estimate of drug-likeness (QED) is 0.572. The number of hydrogen-bond acceptors (Lipinski definition) is 3. The van der Waals surface area contributed by atoms with E-state index in [1.165, 1.54) is 6.08 Å². The molecule has 0 aromatic carbocycles. The number of nitriles is 2. The van der Waals surface area contributed by atoms with Gasteiger partial charge in [-0.3, -0.25) is 0 Å². The summed E-state index contributed by atoms with van der Waals surface area (Å²) in [6.07, 6.45) is 1.20. The van der Waals surface area contributed by atoms with Crippen molar-refractivity contribution in [1.82, 2.24) is 5.32 Å². The number of nitrogens with zero attached hydrogens (tertiary/aromatic N) is 2. The Hall–Kier alpha value is -1.48. The molecular weight excluding hydrogens is 138 g/mol. The molecule has 0 radical (unpaired) electrons. The van der Waals surface area contributed by atoms with Crippen molar-refractivity contribution < 1.29 is 0 Å². The van der Waals surface area contributed by atoms with Gasteiger partial charge >= 0.3 is 0 Å². The van der Waals surface area contributed by atoms with Crippen LogP contribution in [0.25, 0.3) is 0 Å². The first kappa shape index (κ1) is 9.52. The second-order valence-corrected chi connectivity index (χ2v) is 3.17. The van der Waals surface area contributed by atoms with Crippen LogP contribution >= 0.6 is 0 Å². The lowest BCUT2D eigenvalue weighted by atomic mass is 10.1. The number of rotatable bonds is 1. The molecule has 1 N–H and O–H groups in total. The normalized spacial score (nSPS) is 11.5. The Balaban J connectivity index is 4.28. The summed E-state index contributed by atoms with van der Waals surface area (Å²) < 4.78 is 0. The van der Waals surface area contributed by atoms with Crippen LogP contribution in [0.3, 0.4) is 0 Å². The Morgan fingerprint density at radius 3 is 2.18 bits per heavy atom. The lowest BCUT2D eigenvalue weighted by Gasteiger charge is -2.20. The molecule has 0 saturated heterocycles. The maximum absolute atomic E-state index is 8.49. The van der Waals surface area contributed by atoms with Gasteiger partial charge in [0, 0.05) is 11.6 Å². The van der Waals surface area contributed by atoms with Crippen molar-refractivity contribution in [3.63, 3.8) is 0 Å². The summed E-state index contributed by atoms with van der Waals surface area (Å²) in [5, 5.41) is 19.6. The molecule has 0 fully saturated rings. The highest BCUT2D eigenvalue weighted by atomic mass is 15.0. The fourth-order valence-electron chi connectivity index (χ4n) is 0.565. The van der Waals surface area contributed by atoms with Gasteiger partial charge < -0.3 is 5.32 Å². The molecule has 0 rings (SSSR count). The lowest BCUT2D eigenvalue weighted by molar-refractivity contribution is 0.481. The van der Waals surface area contributed by atoms with Gasteiger partial charge in [-0.1, -0.05) is 0 Å². The van der Waals surface area contributed by atoms with Crippen molar-refractivity contribution in [2.75, 3.05) is 0 Å². The molecule has 0 amide bonds. The summed E-state index contributed by atoms with van der Waals surface area (Å²) in [4.78, 5) is 0. The van der Waals surface area contributed by atoms with Gasteiger partial charge in [-0.25, -0.2) is 0 Å². The number of nitrogens with one attached hydrogen (secondary N) is 1. The minimum absolute atomic E-state index is 0.168. The van der Waals surface area contributed by atoms with Crippen LogP contribution < -0.4 is 5.32 Å². The molecule has 3 heteroatoms. The smallest absolute Gasteiger partial charge is 0.124 e. The van der Waals surface area contributed by atoms with Crippen molar-refractivity contribution in [2.45, 2.75) is 26.3 Å². The average Bonchev–Trinajstić information content (AvgIpc) is 1.84. The van der Waals surface area contributed by atoms with E-state index in [1.54, 1.807) is 6.07 Å². The van der Waals surface area contributed by atoms with E-state index in [0.29, 0.717) is 5.70 Å². The molecule has 0 aliphatic heterocycles. The van der Waals surface area contributed by atoms with Crippen molar-refractivity contribution in [2.24, 2.45) is 0 Å². The van der Waals surface area contributed by atoms with E-state index in [4.69, 9.17) is 10.5 Å². The predicted octanol–water partition coefficient (Wildman–Crippen LogP) is 1.31. The van der Waals surface area contributed by atoms with Gasteiger partial charge in [-0.2, -0.15) is 10.5 Å². The van der Waals surface area contributed by atoms with Crippen LogP contribution in [-0.2, 0) is 0 Å². The van der Waals surface area contributed by atoms with Crippen molar-refractivity contribution in [3.8, 4) is 12.1 Å². The SMILES string of the molecule is CC(C)(C)N/C(C#N)=C/C#N. The van der Waals surface area contributed by atoms with Crippen LogP contribution in [0.1, 0.15) is 20.8 Å². The summed E-state index contributed by atoms with van der Waals surface area (Å²) in [7, 11) is 0. The molecule has 0 heterocycles. The van der Waals surface area contributed by atoms with Crippen molar-refractivity contribution >= 4 is 0 Å². The van der Waals surface area contributed by atoms with Crippen LogP contribution in [0.4, 0.5) is 0 Å². The van der Waals surface area contributed by atoms with Crippen molar-refractivity contribution in [3.05, 3.63) is 11.8 Å². The number of hydrogen-bond donors (Lipinski definition) is 1. The fourth-order valence-corrected chi connectivity index (χ4v) is 0.565. The van der Waals surface area contributed by atoms with Crippen LogP contribution in [0.2, 0.25) is 0 Å². The van der Waals surface area contributed by atoms with Crippen LogP contribution in [0, 0.1) is 22.7 Å². The van der Waals surface area contributed by atoms with E-state index in [2.05, 4.69) is 5.32 Å². The molecule has 0 atom stereocenters. The Bertz CT molecular complexity index is 232. The zero-order chi connectivity index (χ0) is 8.91. The molecule has 0 unspecified atom stereocenters. The van der Waals surface area contributed by atoms with E-state index in [1.807, 2.05) is 26.8 Å². The van der Waals surface area contributed by atoms with Crippen LogP contribution in [0.5, 0.6) is 0 Å². The highest BCUT2D eigenvalue weighted by Gasteiger charge is 2.09. The maximum Gasteiger partial charge on any atom is 0.124 e. The molecule has 0 bridgehead atoms. The Morgan fingerprint density at radius 1 is 1.36 bits per heavy atom. The maximum atomic E-state index is 8.49. The lowest BCUT2D eigenvalue weighted by Crippen LogP contribution is -2.34. The summed E-state index contributed by atoms with van der Waals surface area (Å²) in [5.74, 6) is 0. The highest BCUT2D eigenvalue weighted by molar-refractivity contribution is 5.25. The summed E-state index contributed by atoms with van der Waals surface area (Å²) in [6, 6.07) is 3.68. The van der Waals surface area contributed by atoms with Crippen molar-refractivity contribution in [1.29, 1.82) is 10.5 Å². The Morgan fingerprint density at radius 2 is 1.91 bits per heavy atom. The minimum Gasteiger partial charge on any atom is -0.371 e. The summed E-state index contributed by atoms with van der Waals surface area (Å²) >= 11 is 0. The Kier molecular flexibility index (Phi) is 3.14. The van der Waals surface area contributed by atoms with Gasteiger partial charge in [0.2, 0.25) is 0 Å². The first-order chi connectivity index (χ1) is 4.99. The van der Waals surface area contributed by atoms with E-state index in [0.717, 1.165) is 0 Å². The third-order valence-electron chi connectivity index (χ3n) is 0.839. The molecule has 0 aromatic heterocycles. The minimum atomic E-state index is -0.168. The molecule has 11 heavy (non-hydrogen) atoms. The average molecular weight is 149 g/mol. The fraction of sp³-hybridized carbons (Fsp3) is 0.500. The summed E-state index contributed by atoms with van der Waals surface area (Å²) in [5.41, 5.74) is 0.137. The molecule has 58 valence electrons. The van der Waals surface area contributed by atoms with Gasteiger partial charge in [-0.15, -0.1) is 0 Å². The van der Waals surface area contributed by atoms with E-state index < -0.39 is 0 Å². The molecule has 0 spiro atoms. The second-order valence-electron chi connectivity index (χ2n) is 3.17. The largest absolute Gasteiger partial charge is 0.371 e. The topological polar surface area (TPSA) is 59.6 Å². The Labute approximate surface area is 66.9 Å². The van der Waals surface area contributed by atoms with Gasteiger partial charge in [-0.05, 0) is 20.8 Å². The third kappa shape index (κ3) is 4.99. The molecular formula is C8H11N3. The first-order valence-corrected chi connectivity index (χ1v) is 3.27. The molecule has 0 aliphatic rings. The zero-order valence-electron chi connectivity index (χ0n) is 6.97. The van der Waals surface area contributed by atoms with Gasteiger partial charge in [0.05, 0.1) is 6.07 Å². The van der Waals surface area contributed by atoms with E-state index in [9.17, 15) is 0 Å². The zero-order valence-corrected chi connectivity index (χ0v) is 6.97. The third-order valence-corrected chi connectivity index (χ3v) is 0.839. The number of allylic oxidation sites excluding steroid dienone is 2. The predicted molar refractivity (Wildman–Crippen MR) is 42.2 cm³/mol. The van der Waals surface area contributed by atoms with Gasteiger partial charge in [0.15, 0.2) is 0 Å². The molecule has 3 nitrogen and oxygen atoms in total. The summed E-state index contributed by atoms with van der Waals surface area (Å²) in [6.45, 7) is 5.78.